The molecular weight excluding hydrogens is 467 g/mol. The van der Waals surface area contributed by atoms with Crippen LogP contribution < -0.4 is 5.32 Å². The molecule has 1 aliphatic carbocycles. The van der Waals surface area contributed by atoms with Crippen molar-refractivity contribution >= 4 is 33.0 Å². The molecule has 1 aliphatic heterocycles. The number of halogens is 1. The first-order valence-corrected chi connectivity index (χ1v) is 13.2. The molecule has 1 unspecified atom stereocenters. The highest BCUT2D eigenvalue weighted by atomic mass is 32.2. The zero-order valence-corrected chi connectivity index (χ0v) is 19.4. The minimum atomic E-state index is -3.79. The minimum Gasteiger partial charge on any atom is -0.339 e. The summed E-state index contributed by atoms with van der Waals surface area (Å²) in [5.74, 6) is -0.188. The Hall–Kier alpha value is -2.63. The molecular formula is C22H23FN4O4S2. The Morgan fingerprint density at radius 3 is 2.79 bits per heavy atom. The summed E-state index contributed by atoms with van der Waals surface area (Å²) in [6.07, 6.45) is 4.30. The van der Waals surface area contributed by atoms with Crippen molar-refractivity contribution in [2.75, 3.05) is 18.4 Å². The minimum absolute atomic E-state index is 0.0455. The van der Waals surface area contributed by atoms with Gasteiger partial charge < -0.3 is 9.84 Å². The van der Waals surface area contributed by atoms with Crippen LogP contribution in [0.25, 0.3) is 11.4 Å². The van der Waals surface area contributed by atoms with Gasteiger partial charge in [-0.2, -0.15) is 9.29 Å². The molecule has 1 atom stereocenters. The van der Waals surface area contributed by atoms with Gasteiger partial charge in [-0.25, -0.2) is 12.8 Å². The Labute approximate surface area is 194 Å². The molecule has 5 rings (SSSR count). The van der Waals surface area contributed by atoms with E-state index in [1.54, 1.807) is 17.5 Å². The third kappa shape index (κ3) is 4.44. The number of para-hydroxylation sites is 1. The van der Waals surface area contributed by atoms with Crippen LogP contribution in [0.2, 0.25) is 0 Å². The summed E-state index contributed by atoms with van der Waals surface area (Å²) >= 11 is 1.10. The second kappa shape index (κ2) is 8.96. The van der Waals surface area contributed by atoms with Gasteiger partial charge in [-0.05, 0) is 43.9 Å². The highest BCUT2D eigenvalue weighted by molar-refractivity contribution is 7.91. The normalized spacial score (nSPS) is 19.8. The van der Waals surface area contributed by atoms with Crippen molar-refractivity contribution in [2.45, 2.75) is 42.2 Å². The van der Waals surface area contributed by atoms with Crippen molar-refractivity contribution in [3.05, 3.63) is 47.4 Å². The maximum atomic E-state index is 13.9. The molecule has 1 N–H and O–H groups in total. The van der Waals surface area contributed by atoms with Crippen LogP contribution in [0.4, 0.5) is 10.1 Å². The molecule has 0 spiro atoms. The summed E-state index contributed by atoms with van der Waals surface area (Å²) < 4.78 is 47.2. The molecule has 1 aromatic carbocycles. The number of hydrogen-bond donors (Lipinski definition) is 1. The van der Waals surface area contributed by atoms with Gasteiger partial charge in [0.2, 0.25) is 17.6 Å². The van der Waals surface area contributed by atoms with Crippen molar-refractivity contribution in [3.8, 4) is 11.4 Å². The molecule has 174 valence electrons. The summed E-state index contributed by atoms with van der Waals surface area (Å²) in [6.45, 7) is 0.372. The van der Waals surface area contributed by atoms with Crippen molar-refractivity contribution in [1.82, 2.24) is 14.4 Å². The monoisotopic (exact) mass is 490 g/mol. The molecule has 3 heterocycles. The van der Waals surface area contributed by atoms with Gasteiger partial charge in [0.1, 0.15) is 10.0 Å². The third-order valence-electron chi connectivity index (χ3n) is 6.21. The molecule has 2 fully saturated rings. The summed E-state index contributed by atoms with van der Waals surface area (Å²) in [7, 11) is -3.79. The van der Waals surface area contributed by atoms with Crippen molar-refractivity contribution < 1.29 is 22.1 Å². The second-order valence-electron chi connectivity index (χ2n) is 8.41. The Morgan fingerprint density at radius 2 is 2.03 bits per heavy atom. The molecule has 1 saturated carbocycles. The Balaban J connectivity index is 1.29. The third-order valence-corrected chi connectivity index (χ3v) is 9.49. The number of thiophene rings is 1. The van der Waals surface area contributed by atoms with Gasteiger partial charge >= 0.3 is 0 Å². The summed E-state index contributed by atoms with van der Waals surface area (Å²) in [4.78, 5) is 17.1. The van der Waals surface area contributed by atoms with Crippen molar-refractivity contribution in [1.29, 1.82) is 0 Å². The fourth-order valence-corrected chi connectivity index (χ4v) is 6.88. The van der Waals surface area contributed by atoms with Crippen molar-refractivity contribution in [2.24, 2.45) is 5.92 Å². The van der Waals surface area contributed by atoms with Crippen LogP contribution in [0.1, 0.15) is 43.9 Å². The zero-order chi connectivity index (χ0) is 23.0. The number of nitrogens with zero attached hydrogens (tertiary/aromatic N) is 3. The van der Waals surface area contributed by atoms with E-state index in [1.807, 2.05) is 0 Å². The predicted molar refractivity (Wildman–Crippen MR) is 121 cm³/mol. The SMILES string of the molecule is O=C(Nc1ccccc1F)C1CCCN(S(=O)(=O)c2cc(-c3noc(C4CCC4)n3)cs2)C1. The quantitative estimate of drug-likeness (QED) is 0.554. The number of rotatable bonds is 6. The molecule has 2 aromatic heterocycles. The molecule has 1 amide bonds. The lowest BCUT2D eigenvalue weighted by Gasteiger charge is -2.30. The maximum Gasteiger partial charge on any atom is 0.252 e. The Kier molecular flexibility index (Phi) is 6.02. The topological polar surface area (TPSA) is 105 Å². The van der Waals surface area contributed by atoms with Crippen LogP contribution in [0.15, 0.2) is 44.4 Å². The van der Waals surface area contributed by atoms with Crippen LogP contribution >= 0.6 is 11.3 Å². The Bertz CT molecular complexity index is 1270. The van der Waals surface area contributed by atoms with Crippen LogP contribution in [-0.4, -0.2) is 41.9 Å². The number of carbonyl (C=O) groups excluding carboxylic acids is 1. The van der Waals surface area contributed by atoms with E-state index in [0.717, 1.165) is 30.6 Å². The van der Waals surface area contributed by atoms with Crippen LogP contribution in [0.5, 0.6) is 0 Å². The van der Waals surface area contributed by atoms with Gasteiger partial charge in [0.25, 0.3) is 10.0 Å². The zero-order valence-electron chi connectivity index (χ0n) is 17.7. The average Bonchev–Trinajstić information content (AvgIpc) is 3.44. The standard InChI is InChI=1S/C22H23FN4O4S2/c23-17-8-1-2-9-18(17)24-21(28)15-7-4-10-27(12-15)33(29,30)19-11-16(13-32-19)20-25-22(31-26-20)14-5-3-6-14/h1-2,8-9,11,13-15H,3-7,10,12H2,(H,24,28). The summed E-state index contributed by atoms with van der Waals surface area (Å²) in [5, 5.41) is 8.29. The van der Waals surface area contributed by atoms with E-state index in [9.17, 15) is 17.6 Å². The fraction of sp³-hybridized carbons (Fsp3) is 0.409. The van der Waals surface area contributed by atoms with E-state index in [-0.39, 0.29) is 22.3 Å². The highest BCUT2D eigenvalue weighted by Crippen LogP contribution is 2.37. The fourth-order valence-electron chi connectivity index (χ4n) is 4.04. The molecule has 2 aliphatic rings. The largest absolute Gasteiger partial charge is 0.339 e. The van der Waals surface area contributed by atoms with E-state index >= 15 is 0 Å². The first-order chi connectivity index (χ1) is 15.9. The van der Waals surface area contributed by atoms with Gasteiger partial charge in [-0.15, -0.1) is 11.3 Å². The number of anilines is 1. The molecule has 3 aromatic rings. The number of carbonyl (C=O) groups is 1. The number of hydrogen-bond acceptors (Lipinski definition) is 7. The van der Waals surface area contributed by atoms with Gasteiger partial charge in [-0.3, -0.25) is 4.79 Å². The van der Waals surface area contributed by atoms with Crippen molar-refractivity contribution in [3.63, 3.8) is 0 Å². The highest BCUT2D eigenvalue weighted by Gasteiger charge is 2.35. The molecule has 33 heavy (non-hydrogen) atoms. The molecule has 11 heteroatoms. The summed E-state index contributed by atoms with van der Waals surface area (Å²) in [5.41, 5.74) is 0.686. The number of aromatic nitrogens is 2. The lowest BCUT2D eigenvalue weighted by atomic mass is 9.85. The molecule has 8 nitrogen and oxygen atoms in total. The molecule has 0 radical (unpaired) electrons. The van der Waals surface area contributed by atoms with E-state index in [1.165, 1.54) is 22.5 Å². The first-order valence-electron chi connectivity index (χ1n) is 10.9. The van der Waals surface area contributed by atoms with E-state index in [4.69, 9.17) is 4.52 Å². The van der Waals surface area contributed by atoms with Crippen LogP contribution in [0.3, 0.4) is 0 Å². The number of sulfonamides is 1. The number of amides is 1. The predicted octanol–water partition coefficient (Wildman–Crippen LogP) is 4.24. The number of benzene rings is 1. The lowest BCUT2D eigenvalue weighted by molar-refractivity contribution is -0.120. The summed E-state index contributed by atoms with van der Waals surface area (Å²) in [6, 6.07) is 7.46. The van der Waals surface area contributed by atoms with Crippen LogP contribution in [0, 0.1) is 11.7 Å². The van der Waals surface area contributed by atoms with E-state index < -0.39 is 21.8 Å². The van der Waals surface area contributed by atoms with E-state index in [2.05, 4.69) is 15.5 Å². The lowest BCUT2D eigenvalue weighted by Crippen LogP contribution is -2.43. The Morgan fingerprint density at radius 1 is 1.21 bits per heavy atom. The smallest absolute Gasteiger partial charge is 0.252 e. The van der Waals surface area contributed by atoms with Gasteiger partial charge in [0.05, 0.1) is 11.6 Å². The first kappa shape index (κ1) is 22.2. The van der Waals surface area contributed by atoms with Gasteiger partial charge in [0.15, 0.2) is 0 Å². The molecule has 0 bridgehead atoms. The van der Waals surface area contributed by atoms with E-state index in [0.29, 0.717) is 42.6 Å². The number of piperidine rings is 1. The maximum absolute atomic E-state index is 13.9. The molecule has 1 saturated heterocycles. The van der Waals surface area contributed by atoms with Crippen LogP contribution in [-0.2, 0) is 14.8 Å². The van der Waals surface area contributed by atoms with Gasteiger partial charge in [0, 0.05) is 30.0 Å². The average molecular weight is 491 g/mol. The van der Waals surface area contributed by atoms with Gasteiger partial charge in [-0.1, -0.05) is 23.7 Å². The number of nitrogens with one attached hydrogen (secondary N) is 1. The second-order valence-corrected chi connectivity index (χ2v) is 11.5.